The summed E-state index contributed by atoms with van der Waals surface area (Å²) in [5.74, 6) is 2.03. The lowest BCUT2D eigenvalue weighted by Gasteiger charge is -2.15. The molecule has 2 heterocycles. The van der Waals surface area contributed by atoms with Gasteiger partial charge in [-0.1, -0.05) is 24.3 Å². The second kappa shape index (κ2) is 11.7. The Kier molecular flexibility index (Phi) is 9.33. The fourth-order valence-corrected chi connectivity index (χ4v) is 3.11. The molecule has 1 amide bonds. The van der Waals surface area contributed by atoms with Gasteiger partial charge in [0.2, 0.25) is 5.91 Å². The van der Waals surface area contributed by atoms with Gasteiger partial charge in [-0.15, -0.1) is 24.0 Å². The number of benzene rings is 1. The Morgan fingerprint density at radius 1 is 1.18 bits per heavy atom. The van der Waals surface area contributed by atoms with E-state index in [1.54, 1.807) is 6.26 Å². The van der Waals surface area contributed by atoms with Crippen LogP contribution in [0, 0.1) is 0 Å². The summed E-state index contributed by atoms with van der Waals surface area (Å²) in [5, 5.41) is 6.59. The Balaban J connectivity index is 0.00000280. The molecule has 7 heteroatoms. The van der Waals surface area contributed by atoms with E-state index >= 15 is 0 Å². The molecule has 6 nitrogen and oxygen atoms in total. The molecule has 2 aromatic rings. The summed E-state index contributed by atoms with van der Waals surface area (Å²) in [7, 11) is 0. The van der Waals surface area contributed by atoms with Crippen molar-refractivity contribution < 1.29 is 9.21 Å². The summed E-state index contributed by atoms with van der Waals surface area (Å²) in [6.45, 7) is 5.83. The van der Waals surface area contributed by atoms with Gasteiger partial charge in [-0.3, -0.25) is 4.79 Å². The molecule has 0 radical (unpaired) electrons. The minimum absolute atomic E-state index is 0. The SMILES string of the molecule is CCNC(=NCc1ccc(CN2CCCC2=O)cc1)NCCc1ccco1.I. The molecule has 1 aromatic carbocycles. The third-order valence-electron chi connectivity index (χ3n) is 4.58. The third kappa shape index (κ3) is 6.85. The first-order valence-corrected chi connectivity index (χ1v) is 9.64. The second-order valence-corrected chi connectivity index (χ2v) is 6.69. The molecule has 0 saturated carbocycles. The van der Waals surface area contributed by atoms with Crippen molar-refractivity contribution in [2.24, 2.45) is 4.99 Å². The van der Waals surface area contributed by atoms with Crippen molar-refractivity contribution in [3.05, 3.63) is 59.5 Å². The topological polar surface area (TPSA) is 69.9 Å². The molecule has 0 atom stereocenters. The Morgan fingerprint density at radius 3 is 2.61 bits per heavy atom. The quantitative estimate of drug-likeness (QED) is 0.334. The van der Waals surface area contributed by atoms with E-state index in [-0.39, 0.29) is 29.9 Å². The summed E-state index contributed by atoms with van der Waals surface area (Å²) < 4.78 is 5.35. The number of rotatable bonds is 8. The Labute approximate surface area is 183 Å². The van der Waals surface area contributed by atoms with Crippen LogP contribution in [0.25, 0.3) is 0 Å². The van der Waals surface area contributed by atoms with Gasteiger partial charge in [-0.05, 0) is 36.6 Å². The van der Waals surface area contributed by atoms with Gasteiger partial charge in [-0.2, -0.15) is 0 Å². The van der Waals surface area contributed by atoms with Crippen LogP contribution in [0.3, 0.4) is 0 Å². The van der Waals surface area contributed by atoms with Crippen LogP contribution in [0.5, 0.6) is 0 Å². The maximum Gasteiger partial charge on any atom is 0.222 e. The van der Waals surface area contributed by atoms with Gasteiger partial charge in [-0.25, -0.2) is 4.99 Å². The van der Waals surface area contributed by atoms with E-state index in [2.05, 4.69) is 46.8 Å². The van der Waals surface area contributed by atoms with Crippen LogP contribution in [-0.2, 0) is 24.3 Å². The number of furan rings is 1. The molecule has 2 N–H and O–H groups in total. The number of nitrogens with one attached hydrogen (secondary N) is 2. The van der Waals surface area contributed by atoms with Crippen LogP contribution in [-0.4, -0.2) is 36.4 Å². The first-order chi connectivity index (χ1) is 13.2. The van der Waals surface area contributed by atoms with E-state index in [1.165, 1.54) is 5.56 Å². The smallest absolute Gasteiger partial charge is 0.222 e. The zero-order valence-corrected chi connectivity index (χ0v) is 18.6. The van der Waals surface area contributed by atoms with Gasteiger partial charge in [0.05, 0.1) is 12.8 Å². The van der Waals surface area contributed by atoms with Crippen LogP contribution >= 0.6 is 24.0 Å². The van der Waals surface area contributed by atoms with Crippen LogP contribution in [0.2, 0.25) is 0 Å². The largest absolute Gasteiger partial charge is 0.469 e. The lowest BCUT2D eigenvalue weighted by molar-refractivity contribution is -0.128. The Hall–Kier alpha value is -2.03. The molecule has 1 aliphatic heterocycles. The summed E-state index contributed by atoms with van der Waals surface area (Å²) in [4.78, 5) is 18.3. The number of aliphatic imine (C=N–C) groups is 1. The molecule has 0 bridgehead atoms. The first-order valence-electron chi connectivity index (χ1n) is 9.64. The maximum atomic E-state index is 11.7. The molecule has 0 aliphatic carbocycles. The minimum Gasteiger partial charge on any atom is -0.469 e. The molecule has 1 fully saturated rings. The summed E-state index contributed by atoms with van der Waals surface area (Å²) in [6, 6.07) is 12.2. The molecule has 152 valence electrons. The molecular formula is C21H29IN4O2. The predicted molar refractivity (Wildman–Crippen MR) is 122 cm³/mol. The van der Waals surface area contributed by atoms with Crippen molar-refractivity contribution in [2.75, 3.05) is 19.6 Å². The molecule has 1 aromatic heterocycles. The number of guanidine groups is 1. The van der Waals surface area contributed by atoms with Crippen molar-refractivity contribution in [1.29, 1.82) is 0 Å². The van der Waals surface area contributed by atoms with Crippen molar-refractivity contribution in [1.82, 2.24) is 15.5 Å². The number of nitrogens with zero attached hydrogens (tertiary/aromatic N) is 2. The third-order valence-corrected chi connectivity index (χ3v) is 4.58. The monoisotopic (exact) mass is 496 g/mol. The standard InChI is InChI=1S/C21H28N4O2.HI/c1-2-22-21(23-12-11-19-5-4-14-27-19)24-15-17-7-9-18(10-8-17)16-25-13-3-6-20(25)26;/h4-5,7-10,14H,2-3,6,11-13,15-16H2,1H3,(H2,22,23,24);1H. The van der Waals surface area contributed by atoms with Crippen molar-refractivity contribution in [3.63, 3.8) is 0 Å². The fourth-order valence-electron chi connectivity index (χ4n) is 3.11. The average Bonchev–Trinajstić information content (AvgIpc) is 3.33. The molecule has 0 unspecified atom stereocenters. The first kappa shape index (κ1) is 22.3. The van der Waals surface area contributed by atoms with Crippen LogP contribution < -0.4 is 10.6 Å². The lowest BCUT2D eigenvalue weighted by Crippen LogP contribution is -2.38. The number of hydrogen-bond donors (Lipinski definition) is 2. The maximum absolute atomic E-state index is 11.7. The van der Waals surface area contributed by atoms with Gasteiger partial charge < -0.3 is 20.0 Å². The van der Waals surface area contributed by atoms with E-state index in [0.717, 1.165) is 49.8 Å². The number of carbonyl (C=O) groups excluding carboxylic acids is 1. The van der Waals surface area contributed by atoms with Crippen LogP contribution in [0.4, 0.5) is 0 Å². The lowest BCUT2D eigenvalue weighted by atomic mass is 10.1. The number of halogens is 1. The number of amides is 1. The summed E-state index contributed by atoms with van der Waals surface area (Å²) in [5.41, 5.74) is 2.32. The van der Waals surface area contributed by atoms with E-state index in [0.29, 0.717) is 19.5 Å². The minimum atomic E-state index is 0. The van der Waals surface area contributed by atoms with Crippen molar-refractivity contribution in [3.8, 4) is 0 Å². The summed E-state index contributed by atoms with van der Waals surface area (Å²) in [6.07, 6.45) is 4.18. The molecule has 1 aliphatic rings. The normalized spacial score (nSPS) is 14.1. The average molecular weight is 496 g/mol. The number of hydrogen-bond acceptors (Lipinski definition) is 3. The van der Waals surface area contributed by atoms with Gasteiger partial charge in [0, 0.05) is 39.0 Å². The van der Waals surface area contributed by atoms with Gasteiger partial charge in [0.15, 0.2) is 5.96 Å². The number of carbonyl (C=O) groups is 1. The predicted octanol–water partition coefficient (Wildman–Crippen LogP) is 3.32. The summed E-state index contributed by atoms with van der Waals surface area (Å²) >= 11 is 0. The van der Waals surface area contributed by atoms with Crippen molar-refractivity contribution in [2.45, 2.75) is 39.3 Å². The van der Waals surface area contributed by atoms with E-state index in [4.69, 9.17) is 4.42 Å². The van der Waals surface area contributed by atoms with Gasteiger partial charge >= 0.3 is 0 Å². The highest BCUT2D eigenvalue weighted by atomic mass is 127. The van der Waals surface area contributed by atoms with Crippen LogP contribution in [0.15, 0.2) is 52.1 Å². The highest BCUT2D eigenvalue weighted by molar-refractivity contribution is 14.0. The molecule has 28 heavy (non-hydrogen) atoms. The van der Waals surface area contributed by atoms with E-state index in [9.17, 15) is 4.79 Å². The van der Waals surface area contributed by atoms with E-state index < -0.39 is 0 Å². The molecular weight excluding hydrogens is 467 g/mol. The Morgan fingerprint density at radius 2 is 1.96 bits per heavy atom. The van der Waals surface area contributed by atoms with Crippen molar-refractivity contribution >= 4 is 35.8 Å². The highest BCUT2D eigenvalue weighted by Gasteiger charge is 2.19. The second-order valence-electron chi connectivity index (χ2n) is 6.69. The molecule has 3 rings (SSSR count). The van der Waals surface area contributed by atoms with Gasteiger partial charge in [0.1, 0.15) is 5.76 Å². The number of likely N-dealkylation sites (tertiary alicyclic amines) is 1. The molecule has 1 saturated heterocycles. The Bertz CT molecular complexity index is 744. The molecule has 0 spiro atoms. The van der Waals surface area contributed by atoms with Crippen LogP contribution in [0.1, 0.15) is 36.7 Å². The zero-order valence-electron chi connectivity index (χ0n) is 16.3. The zero-order chi connectivity index (χ0) is 18.9. The fraction of sp³-hybridized carbons (Fsp3) is 0.429. The highest BCUT2D eigenvalue weighted by Crippen LogP contribution is 2.15. The van der Waals surface area contributed by atoms with Gasteiger partial charge in [0.25, 0.3) is 0 Å². The van der Waals surface area contributed by atoms with E-state index in [1.807, 2.05) is 17.0 Å².